The van der Waals surface area contributed by atoms with Gasteiger partial charge in [-0.15, -0.1) is 0 Å². The third-order valence-electron chi connectivity index (χ3n) is 4.48. The van der Waals surface area contributed by atoms with Crippen LogP contribution in [0.2, 0.25) is 0 Å². The van der Waals surface area contributed by atoms with Crippen LogP contribution in [0.1, 0.15) is 31.9 Å². The molecule has 1 saturated heterocycles. The van der Waals surface area contributed by atoms with E-state index in [9.17, 15) is 4.79 Å². The molecule has 2 aromatic rings. The minimum Gasteiger partial charge on any atom is -0.441 e. The topological polar surface area (TPSA) is 61.6 Å². The van der Waals surface area contributed by atoms with Gasteiger partial charge >= 0.3 is 6.03 Å². The Morgan fingerprint density at radius 3 is 2.60 bits per heavy atom. The lowest BCUT2D eigenvalue weighted by atomic mass is 10.2. The fourth-order valence-corrected chi connectivity index (χ4v) is 2.84. The molecule has 134 valence electrons. The summed E-state index contributed by atoms with van der Waals surface area (Å²) < 4.78 is 5.76. The lowest BCUT2D eigenvalue weighted by Gasteiger charge is -2.21. The Morgan fingerprint density at radius 2 is 1.92 bits per heavy atom. The van der Waals surface area contributed by atoms with E-state index in [-0.39, 0.29) is 6.03 Å². The van der Waals surface area contributed by atoms with Crippen molar-refractivity contribution in [2.75, 3.05) is 38.5 Å². The number of carbonyl (C=O) groups excluding carboxylic acids is 1. The summed E-state index contributed by atoms with van der Waals surface area (Å²) in [6.07, 6.45) is 2.78. The van der Waals surface area contributed by atoms with E-state index in [4.69, 9.17) is 4.42 Å². The highest BCUT2D eigenvalue weighted by Gasteiger charge is 2.17. The molecule has 25 heavy (non-hydrogen) atoms. The van der Waals surface area contributed by atoms with Crippen molar-refractivity contribution < 1.29 is 9.21 Å². The number of nitrogens with one attached hydrogen (secondary N) is 1. The summed E-state index contributed by atoms with van der Waals surface area (Å²) in [4.78, 5) is 20.9. The number of hydrogen-bond donors (Lipinski definition) is 1. The number of urea groups is 1. The van der Waals surface area contributed by atoms with Gasteiger partial charge in [0.25, 0.3) is 0 Å². The summed E-state index contributed by atoms with van der Waals surface area (Å²) in [7, 11) is 2.09. The fourth-order valence-electron chi connectivity index (χ4n) is 2.84. The molecule has 1 aliphatic rings. The third-order valence-corrected chi connectivity index (χ3v) is 4.48. The van der Waals surface area contributed by atoms with E-state index in [0.29, 0.717) is 11.8 Å². The minimum atomic E-state index is -0.0405. The highest BCUT2D eigenvalue weighted by atomic mass is 16.4. The fraction of sp³-hybridized carbons (Fsp3) is 0.474. The number of carbonyl (C=O) groups is 1. The molecule has 0 atom stereocenters. The number of rotatable bonds is 3. The minimum absolute atomic E-state index is 0.0405. The predicted octanol–water partition coefficient (Wildman–Crippen LogP) is 3.63. The molecule has 0 radical (unpaired) electrons. The molecule has 1 fully saturated rings. The summed E-state index contributed by atoms with van der Waals surface area (Å²) in [5, 5.41) is 2.97. The molecule has 2 heterocycles. The van der Waals surface area contributed by atoms with Gasteiger partial charge < -0.3 is 19.5 Å². The summed E-state index contributed by atoms with van der Waals surface area (Å²) in [5.74, 6) is 1.79. The third kappa shape index (κ3) is 4.39. The number of benzene rings is 1. The molecule has 6 heteroatoms. The number of aromatic nitrogens is 1. The van der Waals surface area contributed by atoms with Gasteiger partial charge in [-0.1, -0.05) is 13.8 Å². The van der Waals surface area contributed by atoms with Crippen LogP contribution in [0.3, 0.4) is 0 Å². The zero-order valence-electron chi connectivity index (χ0n) is 15.2. The first-order valence-electron chi connectivity index (χ1n) is 8.83. The molecule has 0 bridgehead atoms. The molecule has 0 unspecified atom stereocenters. The first-order valence-corrected chi connectivity index (χ1v) is 8.83. The molecule has 1 aromatic heterocycles. The van der Waals surface area contributed by atoms with Crippen LogP contribution in [0.5, 0.6) is 0 Å². The molecule has 0 spiro atoms. The summed E-state index contributed by atoms with van der Waals surface area (Å²) in [6.45, 7) is 7.64. The van der Waals surface area contributed by atoms with Gasteiger partial charge in [0.05, 0.1) is 6.20 Å². The zero-order chi connectivity index (χ0) is 17.8. The van der Waals surface area contributed by atoms with Crippen molar-refractivity contribution in [2.24, 2.45) is 0 Å². The molecule has 1 aromatic carbocycles. The lowest BCUT2D eigenvalue weighted by molar-refractivity contribution is 0.213. The molecule has 2 amide bonds. The summed E-state index contributed by atoms with van der Waals surface area (Å²) in [6, 6.07) is 7.57. The summed E-state index contributed by atoms with van der Waals surface area (Å²) >= 11 is 0. The van der Waals surface area contributed by atoms with Crippen LogP contribution in [0.15, 0.2) is 34.9 Å². The Hall–Kier alpha value is -2.34. The van der Waals surface area contributed by atoms with Gasteiger partial charge in [-0.3, -0.25) is 0 Å². The maximum atomic E-state index is 12.4. The van der Waals surface area contributed by atoms with Crippen molar-refractivity contribution >= 4 is 11.7 Å². The number of anilines is 1. The van der Waals surface area contributed by atoms with Crippen molar-refractivity contribution in [1.82, 2.24) is 14.8 Å². The molecule has 1 N–H and O–H groups in total. The maximum Gasteiger partial charge on any atom is 0.321 e. The Labute approximate surface area is 148 Å². The molecule has 0 aliphatic carbocycles. The second kappa shape index (κ2) is 7.70. The van der Waals surface area contributed by atoms with Crippen LogP contribution < -0.4 is 5.32 Å². The smallest absolute Gasteiger partial charge is 0.321 e. The van der Waals surface area contributed by atoms with E-state index in [2.05, 4.69) is 36.1 Å². The Kier molecular flexibility index (Phi) is 5.38. The van der Waals surface area contributed by atoms with Gasteiger partial charge in [0.15, 0.2) is 0 Å². The van der Waals surface area contributed by atoms with Crippen molar-refractivity contribution in [3.63, 3.8) is 0 Å². The quantitative estimate of drug-likeness (QED) is 0.925. The monoisotopic (exact) mass is 342 g/mol. The highest BCUT2D eigenvalue weighted by molar-refractivity contribution is 5.89. The van der Waals surface area contributed by atoms with Crippen molar-refractivity contribution in [3.8, 4) is 11.5 Å². The van der Waals surface area contributed by atoms with E-state index in [1.54, 1.807) is 6.20 Å². The summed E-state index contributed by atoms with van der Waals surface area (Å²) in [5.41, 5.74) is 1.68. The van der Waals surface area contributed by atoms with E-state index >= 15 is 0 Å². The van der Waals surface area contributed by atoms with Gasteiger partial charge in [-0.2, -0.15) is 0 Å². The number of amides is 2. The largest absolute Gasteiger partial charge is 0.441 e. The van der Waals surface area contributed by atoms with Crippen molar-refractivity contribution in [3.05, 3.63) is 36.2 Å². The second-order valence-corrected chi connectivity index (χ2v) is 6.87. The zero-order valence-corrected chi connectivity index (χ0v) is 15.2. The Bertz CT molecular complexity index is 708. The first kappa shape index (κ1) is 17.5. The van der Waals surface area contributed by atoms with E-state index in [1.807, 2.05) is 29.2 Å². The second-order valence-electron chi connectivity index (χ2n) is 6.87. The van der Waals surface area contributed by atoms with E-state index in [1.165, 1.54) is 0 Å². The number of oxazole rings is 1. The lowest BCUT2D eigenvalue weighted by Crippen LogP contribution is -2.37. The van der Waals surface area contributed by atoms with Gasteiger partial charge in [-0.05, 0) is 44.3 Å². The van der Waals surface area contributed by atoms with Crippen LogP contribution in [0.25, 0.3) is 11.5 Å². The van der Waals surface area contributed by atoms with Crippen molar-refractivity contribution in [1.29, 1.82) is 0 Å². The molecule has 6 nitrogen and oxygen atoms in total. The van der Waals surface area contributed by atoms with E-state index in [0.717, 1.165) is 49.6 Å². The molecular formula is C19H26N4O2. The maximum absolute atomic E-state index is 12.4. The molecule has 0 saturated carbocycles. The van der Waals surface area contributed by atoms with E-state index < -0.39 is 0 Å². The Morgan fingerprint density at radius 1 is 1.16 bits per heavy atom. The van der Waals surface area contributed by atoms with Crippen LogP contribution in [-0.4, -0.2) is 54.0 Å². The average molecular weight is 342 g/mol. The highest BCUT2D eigenvalue weighted by Crippen LogP contribution is 2.24. The predicted molar refractivity (Wildman–Crippen MR) is 98.7 cm³/mol. The van der Waals surface area contributed by atoms with Crippen LogP contribution >= 0.6 is 0 Å². The van der Waals surface area contributed by atoms with Gasteiger partial charge in [0.2, 0.25) is 5.89 Å². The van der Waals surface area contributed by atoms with Crippen LogP contribution in [0.4, 0.5) is 10.5 Å². The SMILES string of the molecule is CC(C)c1cnc(-c2ccc(NC(=O)N3CCCN(C)CC3)cc2)o1. The number of nitrogens with zero attached hydrogens (tertiary/aromatic N) is 3. The molecular weight excluding hydrogens is 316 g/mol. The first-order chi connectivity index (χ1) is 12.0. The standard InChI is InChI=1S/C19H26N4O2/c1-14(2)17-13-20-18(25-17)15-5-7-16(8-6-15)21-19(24)23-10-4-9-22(3)11-12-23/h5-8,13-14H,4,9-12H2,1-3H3,(H,21,24). The van der Waals surface area contributed by atoms with Gasteiger partial charge in [0, 0.05) is 36.8 Å². The normalized spacial score (nSPS) is 16.1. The van der Waals surface area contributed by atoms with Crippen LogP contribution in [0, 0.1) is 0 Å². The number of likely N-dealkylation sites (N-methyl/N-ethyl adjacent to an activating group) is 1. The molecule has 1 aliphatic heterocycles. The number of hydrogen-bond acceptors (Lipinski definition) is 4. The van der Waals surface area contributed by atoms with Gasteiger partial charge in [-0.25, -0.2) is 9.78 Å². The van der Waals surface area contributed by atoms with Gasteiger partial charge in [0.1, 0.15) is 5.76 Å². The van der Waals surface area contributed by atoms with Crippen molar-refractivity contribution in [2.45, 2.75) is 26.2 Å². The molecule has 3 rings (SSSR count). The van der Waals surface area contributed by atoms with Crippen LogP contribution in [-0.2, 0) is 0 Å². The average Bonchev–Trinajstić information content (AvgIpc) is 2.99. The Balaban J connectivity index is 1.62.